The van der Waals surface area contributed by atoms with Crippen molar-refractivity contribution in [2.24, 2.45) is 0 Å². The maximum atomic E-state index is 11.7. The van der Waals surface area contributed by atoms with Crippen molar-refractivity contribution in [2.45, 2.75) is 0 Å². The summed E-state index contributed by atoms with van der Waals surface area (Å²) in [5.74, 6) is 0.00181. The highest BCUT2D eigenvalue weighted by Gasteiger charge is 2.13. The normalized spacial score (nSPS) is 8.52. The molecular weight excluding hydrogens is 270 g/mol. The van der Waals surface area contributed by atoms with Crippen molar-refractivity contribution in [2.75, 3.05) is 19.5 Å². The predicted molar refractivity (Wildman–Crippen MR) is 73.9 cm³/mol. The fraction of sp³-hybridized carbons (Fsp3) is 0.143. The minimum Gasteiger partial charge on any atom is -0.496 e. The molecule has 1 aromatic rings. The second-order valence-corrected chi connectivity index (χ2v) is 3.70. The minimum atomic E-state index is -0.362. The van der Waals surface area contributed by atoms with Crippen molar-refractivity contribution in [1.82, 2.24) is 5.32 Å². The summed E-state index contributed by atoms with van der Waals surface area (Å²) < 4.78 is 5.07. The Morgan fingerprint density at radius 1 is 1.19 bits per heavy atom. The van der Waals surface area contributed by atoms with Crippen LogP contribution in [0.2, 0.25) is 0 Å². The number of hydrogen-bond donors (Lipinski definition) is 2. The van der Waals surface area contributed by atoms with Crippen LogP contribution >= 0.6 is 0 Å². The molecule has 0 saturated heterocycles. The Balaban J connectivity index is 3.27. The smallest absolute Gasteiger partial charge is 0.254 e. The van der Waals surface area contributed by atoms with Crippen LogP contribution in [0.15, 0.2) is 29.5 Å². The van der Waals surface area contributed by atoms with Gasteiger partial charge >= 0.3 is 0 Å². The van der Waals surface area contributed by atoms with Crippen molar-refractivity contribution in [3.63, 3.8) is 0 Å². The molecule has 0 aliphatic carbocycles. The van der Waals surface area contributed by atoms with E-state index in [1.165, 1.54) is 20.2 Å². The van der Waals surface area contributed by atoms with Gasteiger partial charge in [0.2, 0.25) is 0 Å². The summed E-state index contributed by atoms with van der Waals surface area (Å²) in [6.45, 7) is 0. The standard InChI is InChI=1S/C14H11N5O2/c1-18-14(20)11-5-10(3-4-13(11)21-2)19-12(8-17)9(6-15)7-16/h3-5,19H,1-2H3,(H,18,20). The highest BCUT2D eigenvalue weighted by atomic mass is 16.5. The minimum absolute atomic E-state index is 0.187. The van der Waals surface area contributed by atoms with E-state index in [0.29, 0.717) is 11.4 Å². The zero-order valence-electron chi connectivity index (χ0n) is 11.4. The van der Waals surface area contributed by atoms with E-state index in [1.54, 1.807) is 30.3 Å². The first-order chi connectivity index (χ1) is 10.1. The molecule has 2 N–H and O–H groups in total. The first-order valence-corrected chi connectivity index (χ1v) is 5.73. The molecule has 1 rings (SSSR count). The summed E-state index contributed by atoms with van der Waals surface area (Å²) in [4.78, 5) is 11.7. The fourth-order valence-electron chi connectivity index (χ4n) is 1.53. The zero-order chi connectivity index (χ0) is 15.8. The molecule has 0 aliphatic heterocycles. The van der Waals surface area contributed by atoms with E-state index in [-0.39, 0.29) is 22.7 Å². The van der Waals surface area contributed by atoms with Gasteiger partial charge in [-0.1, -0.05) is 0 Å². The first-order valence-electron chi connectivity index (χ1n) is 5.73. The van der Waals surface area contributed by atoms with E-state index in [0.717, 1.165) is 0 Å². The molecule has 0 atom stereocenters. The number of anilines is 1. The highest BCUT2D eigenvalue weighted by molar-refractivity contribution is 5.97. The van der Waals surface area contributed by atoms with Crippen LogP contribution in [0.1, 0.15) is 10.4 Å². The Morgan fingerprint density at radius 3 is 2.33 bits per heavy atom. The van der Waals surface area contributed by atoms with Gasteiger partial charge in [0, 0.05) is 12.7 Å². The van der Waals surface area contributed by atoms with Gasteiger partial charge in [-0.3, -0.25) is 4.79 Å². The lowest BCUT2D eigenvalue weighted by molar-refractivity contribution is 0.0960. The first kappa shape index (κ1) is 15.6. The Labute approximate surface area is 121 Å². The number of methoxy groups -OCH3 is 1. The van der Waals surface area contributed by atoms with Gasteiger partial charge in [-0.2, -0.15) is 15.8 Å². The number of carbonyl (C=O) groups is 1. The predicted octanol–water partition coefficient (Wildman–Crippen LogP) is 1.29. The Kier molecular flexibility index (Phi) is 5.32. The second-order valence-electron chi connectivity index (χ2n) is 3.70. The van der Waals surface area contributed by atoms with E-state index in [2.05, 4.69) is 10.6 Å². The second kappa shape index (κ2) is 7.18. The summed E-state index contributed by atoms with van der Waals surface area (Å²) in [7, 11) is 2.91. The molecule has 0 unspecified atom stereocenters. The number of ether oxygens (including phenoxy) is 1. The molecule has 7 nitrogen and oxygen atoms in total. The highest BCUT2D eigenvalue weighted by Crippen LogP contribution is 2.23. The lowest BCUT2D eigenvalue weighted by atomic mass is 10.1. The number of carbonyl (C=O) groups excluding carboxylic acids is 1. The number of amides is 1. The van der Waals surface area contributed by atoms with Crippen molar-refractivity contribution in [1.29, 1.82) is 15.8 Å². The Bertz CT molecular complexity index is 700. The molecule has 0 aliphatic rings. The number of benzene rings is 1. The number of nitrogens with one attached hydrogen (secondary N) is 2. The SMILES string of the molecule is CNC(=O)c1cc(NC(C#N)=C(C#N)C#N)ccc1OC. The number of hydrogen-bond acceptors (Lipinski definition) is 6. The summed E-state index contributed by atoms with van der Waals surface area (Å²) in [5.41, 5.74) is 0.120. The molecule has 1 amide bonds. The monoisotopic (exact) mass is 281 g/mol. The van der Waals surface area contributed by atoms with E-state index in [4.69, 9.17) is 20.5 Å². The molecule has 0 bridgehead atoms. The van der Waals surface area contributed by atoms with Crippen molar-refractivity contribution in [3.05, 3.63) is 35.0 Å². The van der Waals surface area contributed by atoms with Gasteiger partial charge in [0.15, 0.2) is 5.57 Å². The molecule has 0 aromatic heterocycles. The van der Waals surface area contributed by atoms with Gasteiger partial charge in [0.25, 0.3) is 5.91 Å². The van der Waals surface area contributed by atoms with Gasteiger partial charge < -0.3 is 15.4 Å². The number of nitrogens with zero attached hydrogens (tertiary/aromatic N) is 3. The molecule has 1 aromatic carbocycles. The van der Waals surface area contributed by atoms with Crippen LogP contribution in [-0.2, 0) is 0 Å². The third-order valence-corrected chi connectivity index (χ3v) is 2.53. The molecule has 0 spiro atoms. The molecule has 0 heterocycles. The molecule has 104 valence electrons. The summed E-state index contributed by atoms with van der Waals surface area (Å²) >= 11 is 0. The average Bonchev–Trinajstić information content (AvgIpc) is 2.53. The van der Waals surface area contributed by atoms with E-state index in [1.807, 2.05) is 0 Å². The van der Waals surface area contributed by atoms with Crippen molar-refractivity contribution >= 4 is 11.6 Å². The van der Waals surface area contributed by atoms with Gasteiger partial charge in [-0.05, 0) is 18.2 Å². The molecule has 0 fully saturated rings. The van der Waals surface area contributed by atoms with Gasteiger partial charge in [-0.15, -0.1) is 0 Å². The molecule has 21 heavy (non-hydrogen) atoms. The largest absolute Gasteiger partial charge is 0.496 e. The Morgan fingerprint density at radius 2 is 1.86 bits per heavy atom. The maximum absolute atomic E-state index is 11.7. The van der Waals surface area contributed by atoms with Gasteiger partial charge in [-0.25, -0.2) is 0 Å². The van der Waals surface area contributed by atoms with Crippen LogP contribution in [0.4, 0.5) is 5.69 Å². The van der Waals surface area contributed by atoms with E-state index < -0.39 is 0 Å². The van der Waals surface area contributed by atoms with Crippen LogP contribution in [0, 0.1) is 34.0 Å². The quantitative estimate of drug-likeness (QED) is 0.802. The molecule has 7 heteroatoms. The third kappa shape index (κ3) is 3.50. The maximum Gasteiger partial charge on any atom is 0.254 e. The fourth-order valence-corrected chi connectivity index (χ4v) is 1.53. The van der Waals surface area contributed by atoms with Crippen LogP contribution in [0.5, 0.6) is 5.75 Å². The number of allylic oxidation sites excluding steroid dienone is 2. The van der Waals surface area contributed by atoms with Gasteiger partial charge in [0.05, 0.1) is 12.7 Å². The molecule has 0 saturated carbocycles. The topological polar surface area (TPSA) is 122 Å². The molecule has 0 radical (unpaired) electrons. The van der Waals surface area contributed by atoms with Crippen molar-refractivity contribution < 1.29 is 9.53 Å². The lowest BCUT2D eigenvalue weighted by Gasteiger charge is -2.10. The van der Waals surface area contributed by atoms with Crippen LogP contribution in [0.3, 0.4) is 0 Å². The average molecular weight is 281 g/mol. The number of rotatable bonds is 4. The third-order valence-electron chi connectivity index (χ3n) is 2.53. The van der Waals surface area contributed by atoms with E-state index >= 15 is 0 Å². The van der Waals surface area contributed by atoms with Crippen molar-refractivity contribution in [3.8, 4) is 24.0 Å². The summed E-state index contributed by atoms with van der Waals surface area (Å²) in [6.07, 6.45) is 0. The number of nitriles is 3. The molecular formula is C14H11N5O2. The van der Waals surface area contributed by atoms with Crippen LogP contribution < -0.4 is 15.4 Å². The lowest BCUT2D eigenvalue weighted by Crippen LogP contribution is -2.19. The van der Waals surface area contributed by atoms with Gasteiger partial charge in [0.1, 0.15) is 29.7 Å². The summed E-state index contributed by atoms with van der Waals surface area (Å²) in [5, 5.41) is 31.6. The van der Waals surface area contributed by atoms with Crippen LogP contribution in [0.25, 0.3) is 0 Å². The Hall–Kier alpha value is -3.50. The van der Waals surface area contributed by atoms with Crippen LogP contribution in [-0.4, -0.2) is 20.1 Å². The van der Waals surface area contributed by atoms with E-state index in [9.17, 15) is 4.79 Å². The zero-order valence-corrected chi connectivity index (χ0v) is 11.4. The summed E-state index contributed by atoms with van der Waals surface area (Å²) in [6, 6.07) is 9.55.